The Labute approximate surface area is 265 Å². The van der Waals surface area contributed by atoms with Gasteiger partial charge in [-0.25, -0.2) is 0 Å². The van der Waals surface area contributed by atoms with E-state index in [4.69, 9.17) is 15.2 Å². The lowest BCUT2D eigenvalue weighted by molar-refractivity contribution is -0.175. The van der Waals surface area contributed by atoms with Crippen molar-refractivity contribution in [1.29, 1.82) is 0 Å². The molecule has 1 aliphatic heterocycles. The maximum Gasteiger partial charge on any atom is 0.255 e. The first-order valence-corrected chi connectivity index (χ1v) is 14.8. The van der Waals surface area contributed by atoms with Crippen LogP contribution in [-0.4, -0.2) is 89.4 Å². The number of carbonyl (C=O) groups excluding carboxylic acids is 3. The van der Waals surface area contributed by atoms with Crippen LogP contribution in [0.5, 0.6) is 17.2 Å². The molecule has 0 saturated heterocycles. The van der Waals surface area contributed by atoms with E-state index < -0.39 is 57.0 Å². The highest BCUT2D eigenvalue weighted by molar-refractivity contribution is 6.25. The van der Waals surface area contributed by atoms with Crippen molar-refractivity contribution in [2.45, 2.75) is 44.9 Å². The van der Waals surface area contributed by atoms with Crippen molar-refractivity contribution >= 4 is 34.6 Å². The number of carbonyl (C=O) groups is 3. The van der Waals surface area contributed by atoms with Gasteiger partial charge in [0.1, 0.15) is 22.8 Å². The lowest BCUT2D eigenvalue weighted by Gasteiger charge is -2.59. The van der Waals surface area contributed by atoms with Crippen LogP contribution in [0.3, 0.4) is 0 Å². The largest absolute Gasteiger partial charge is 0.508 e. The average molecular weight is 635 g/mol. The molecule has 6 rings (SSSR count). The highest BCUT2D eigenvalue weighted by Crippen LogP contribution is 2.64. The monoisotopic (exact) mass is 634 g/mol. The molecule has 7 N–H and O–H groups in total. The summed E-state index contributed by atoms with van der Waals surface area (Å²) in [6.07, 6.45) is 0.0909. The van der Waals surface area contributed by atoms with E-state index >= 15 is 0 Å². The van der Waals surface area contributed by atoms with Gasteiger partial charge in [-0.2, -0.15) is 0 Å². The fourth-order valence-corrected chi connectivity index (χ4v) is 8.15. The normalized spacial score (nSPS) is 28.2. The van der Waals surface area contributed by atoms with Crippen LogP contribution in [0.2, 0.25) is 0 Å². The summed E-state index contributed by atoms with van der Waals surface area (Å²) < 4.78 is 10.8. The van der Waals surface area contributed by atoms with Gasteiger partial charge in [-0.15, -0.1) is 0 Å². The van der Waals surface area contributed by atoms with Crippen LogP contribution < -0.4 is 25.4 Å². The molecule has 13 nitrogen and oxygen atoms in total. The van der Waals surface area contributed by atoms with Gasteiger partial charge in [0.05, 0.1) is 17.3 Å². The van der Waals surface area contributed by atoms with E-state index in [1.165, 1.54) is 11.8 Å². The average Bonchev–Trinajstić information content (AvgIpc) is 3.42. The molecule has 3 aliphatic carbocycles. The number of aromatic hydroxyl groups is 1. The maximum absolute atomic E-state index is 14.5. The number of nitrogens with two attached hydrogens (primary N) is 1. The molecule has 13 heteroatoms. The summed E-state index contributed by atoms with van der Waals surface area (Å²) in [4.78, 5) is 43.8. The third kappa shape index (κ3) is 4.04. The number of phenols is 1. The van der Waals surface area contributed by atoms with Gasteiger partial charge in [0.15, 0.2) is 22.9 Å². The number of ketones is 2. The molecule has 1 amide bonds. The minimum atomic E-state index is -2.78. The second-order valence-corrected chi connectivity index (χ2v) is 13.5. The predicted octanol–water partition coefficient (Wildman–Crippen LogP) is 2.15. The molecule has 244 valence electrons. The molecule has 1 fully saturated rings. The summed E-state index contributed by atoms with van der Waals surface area (Å²) in [7, 11) is 6.77. The van der Waals surface area contributed by atoms with Crippen LogP contribution in [0.15, 0.2) is 41.2 Å². The number of aliphatic hydroxyl groups excluding tert-OH is 2. The fraction of sp³-hybridized carbons (Fsp3) is 0.424. The smallest absolute Gasteiger partial charge is 0.255 e. The number of anilines is 2. The summed E-state index contributed by atoms with van der Waals surface area (Å²) in [6.45, 7) is 3.67. The number of nitrogens with one attached hydrogen (secondary N) is 1. The standard InChI is InChI=1S/C33H38N4O9/c1-31-11-16-18(36(3)4)10-17(35-12-15-7-8-19-20(9-15)46-14-45-19)24(38)21(16)25(39)23(31)29(42)33(44)28(41)22(30(34)43)26(40)27(37(5)6)32(33,2)13-31/h7-10,27,35,38-39,41,44H,11-14H2,1-6H3,(H2,34,43)/t27-,31+,32+,33-/m1/s1. The van der Waals surface area contributed by atoms with Crippen molar-refractivity contribution in [3.63, 3.8) is 0 Å². The topological polar surface area (TPSA) is 195 Å². The number of likely N-dealkylation sites (N-methyl/N-ethyl adjacent to an activating group) is 1. The Hall–Kier alpha value is -4.75. The highest BCUT2D eigenvalue weighted by atomic mass is 16.7. The number of fused-ring (bicyclic) bond motifs is 4. The first-order chi connectivity index (χ1) is 21.5. The van der Waals surface area contributed by atoms with Crippen LogP contribution in [0.1, 0.15) is 37.0 Å². The fourth-order valence-electron chi connectivity index (χ4n) is 8.15. The SMILES string of the molecule is CN(C)c1cc(NCc2ccc3c(c2)OCO3)c(O)c2c1C[C@@]1(C)C[C@@]3(C)[C@H](N(C)C)C(=O)C(C(N)=O)=C(O)[C@@]3(O)C(=O)C1=C2O. The zero-order chi connectivity index (χ0) is 33.7. The van der Waals surface area contributed by atoms with Crippen molar-refractivity contribution < 1.29 is 44.3 Å². The van der Waals surface area contributed by atoms with Crippen molar-refractivity contribution in [3.05, 3.63) is 57.9 Å². The van der Waals surface area contributed by atoms with Crippen molar-refractivity contribution in [1.82, 2.24) is 4.90 Å². The second-order valence-electron chi connectivity index (χ2n) is 13.5. The molecule has 0 aromatic heterocycles. The van der Waals surface area contributed by atoms with Crippen molar-refractivity contribution in [3.8, 4) is 17.2 Å². The van der Waals surface area contributed by atoms with Gasteiger partial charge in [0, 0.05) is 42.7 Å². The Kier molecular flexibility index (Phi) is 6.88. The minimum Gasteiger partial charge on any atom is -0.508 e. The van der Waals surface area contributed by atoms with E-state index in [1.807, 2.05) is 31.1 Å². The number of aliphatic hydroxyl groups is 3. The molecule has 0 unspecified atom stereocenters. The van der Waals surface area contributed by atoms with Gasteiger partial charge >= 0.3 is 0 Å². The van der Waals surface area contributed by atoms with Gasteiger partial charge in [-0.1, -0.05) is 19.9 Å². The third-order valence-electron chi connectivity index (χ3n) is 10.0. The Morgan fingerprint density at radius 2 is 1.74 bits per heavy atom. The van der Waals surface area contributed by atoms with E-state index in [0.29, 0.717) is 22.7 Å². The Morgan fingerprint density at radius 1 is 1.07 bits per heavy atom. The molecule has 0 bridgehead atoms. The summed E-state index contributed by atoms with van der Waals surface area (Å²) in [5, 5.41) is 50.2. The summed E-state index contributed by atoms with van der Waals surface area (Å²) >= 11 is 0. The van der Waals surface area contributed by atoms with Crippen LogP contribution in [0, 0.1) is 10.8 Å². The third-order valence-corrected chi connectivity index (χ3v) is 10.0. The molecule has 0 spiro atoms. The molecule has 0 radical (unpaired) electrons. The van der Waals surface area contributed by atoms with Gasteiger partial charge in [0.2, 0.25) is 12.6 Å². The zero-order valence-corrected chi connectivity index (χ0v) is 26.5. The minimum absolute atomic E-state index is 0.00190. The van der Waals surface area contributed by atoms with Gasteiger partial charge < -0.3 is 45.9 Å². The van der Waals surface area contributed by atoms with E-state index in [-0.39, 0.29) is 48.8 Å². The van der Waals surface area contributed by atoms with E-state index in [1.54, 1.807) is 33.2 Å². The van der Waals surface area contributed by atoms with Crippen molar-refractivity contribution in [2.24, 2.45) is 16.6 Å². The number of phenolic OH excluding ortho intramolecular Hbond substituents is 1. The van der Waals surface area contributed by atoms with Crippen LogP contribution in [0.25, 0.3) is 5.76 Å². The van der Waals surface area contributed by atoms with Gasteiger partial charge in [-0.3, -0.25) is 19.3 Å². The number of rotatable bonds is 6. The van der Waals surface area contributed by atoms with E-state index in [0.717, 1.165) is 5.56 Å². The van der Waals surface area contributed by atoms with E-state index in [9.17, 15) is 34.8 Å². The molecule has 46 heavy (non-hydrogen) atoms. The maximum atomic E-state index is 14.5. The first-order valence-electron chi connectivity index (χ1n) is 14.8. The summed E-state index contributed by atoms with van der Waals surface area (Å²) in [5.41, 5.74) is 1.13. The lowest BCUT2D eigenvalue weighted by atomic mass is 9.46. The molecular formula is C33H38N4O9. The highest BCUT2D eigenvalue weighted by Gasteiger charge is 2.72. The molecule has 4 atom stereocenters. The predicted molar refractivity (Wildman–Crippen MR) is 168 cm³/mol. The van der Waals surface area contributed by atoms with Crippen LogP contribution in [-0.2, 0) is 27.3 Å². The van der Waals surface area contributed by atoms with Crippen LogP contribution in [0.4, 0.5) is 11.4 Å². The van der Waals surface area contributed by atoms with Crippen molar-refractivity contribution in [2.75, 3.05) is 45.2 Å². The number of primary amides is 1. The summed E-state index contributed by atoms with van der Waals surface area (Å²) in [6, 6.07) is 5.99. The summed E-state index contributed by atoms with van der Waals surface area (Å²) in [5.74, 6) is -3.96. The first kappa shape index (κ1) is 31.2. The van der Waals surface area contributed by atoms with E-state index in [2.05, 4.69) is 5.32 Å². The molecule has 4 aliphatic rings. The molecule has 1 saturated carbocycles. The number of ether oxygens (including phenoxy) is 2. The zero-order valence-electron chi connectivity index (χ0n) is 26.5. The molecular weight excluding hydrogens is 596 g/mol. The lowest BCUT2D eigenvalue weighted by Crippen LogP contribution is -2.72. The Morgan fingerprint density at radius 3 is 2.37 bits per heavy atom. The second kappa shape index (κ2) is 10.1. The molecule has 2 aromatic rings. The Bertz CT molecular complexity index is 1800. The number of amides is 1. The number of Topliss-reactive ketones (excluding diaryl/α,β-unsaturated/α-hetero) is 2. The molecule has 1 heterocycles. The number of benzene rings is 2. The number of hydrogen-bond donors (Lipinski definition) is 6. The molecule has 2 aromatic carbocycles. The Balaban J connectivity index is 1.52. The number of hydrogen-bond acceptors (Lipinski definition) is 12. The number of nitrogens with zero attached hydrogens (tertiary/aromatic N) is 2. The van der Waals surface area contributed by atoms with Gasteiger partial charge in [-0.05, 0) is 56.3 Å². The van der Waals surface area contributed by atoms with Crippen LogP contribution >= 0.6 is 0 Å². The van der Waals surface area contributed by atoms with Gasteiger partial charge in [0.25, 0.3) is 5.91 Å². The quantitative estimate of drug-likeness (QED) is 0.201.